The minimum Gasteiger partial charge on any atom is -0.447 e. The van der Waals surface area contributed by atoms with Crippen molar-refractivity contribution in [3.05, 3.63) is 0 Å². The van der Waals surface area contributed by atoms with E-state index in [1.807, 2.05) is 0 Å². The second kappa shape index (κ2) is 6.19. The second-order valence-electron chi connectivity index (χ2n) is 4.95. The zero-order valence-corrected chi connectivity index (χ0v) is 11.1. The van der Waals surface area contributed by atoms with Crippen molar-refractivity contribution < 1.29 is 13.9 Å². The van der Waals surface area contributed by atoms with E-state index in [1.54, 1.807) is 4.90 Å². The van der Waals surface area contributed by atoms with E-state index in [1.165, 1.54) is 0 Å². The molecule has 4 nitrogen and oxygen atoms in total. The lowest BCUT2D eigenvalue weighted by atomic mass is 10.1. The van der Waals surface area contributed by atoms with E-state index in [2.05, 4.69) is 32.6 Å². The summed E-state index contributed by atoms with van der Waals surface area (Å²) in [7, 11) is 0. The van der Waals surface area contributed by atoms with Gasteiger partial charge in [0, 0.05) is 31.2 Å². The molecule has 1 saturated heterocycles. The maximum Gasteiger partial charge on any atom is 0.409 e. The Bertz CT molecular complexity index is 249. The second-order valence-corrected chi connectivity index (χ2v) is 4.95. The molecule has 5 heteroatoms. The maximum absolute atomic E-state index is 11.9. The van der Waals surface area contributed by atoms with E-state index in [-0.39, 0.29) is 6.61 Å². The van der Waals surface area contributed by atoms with Crippen molar-refractivity contribution in [3.8, 4) is 0 Å². The molecule has 2 atom stereocenters. The van der Waals surface area contributed by atoms with Crippen LogP contribution in [0.4, 0.5) is 9.18 Å². The number of amides is 1. The third kappa shape index (κ3) is 3.56. The van der Waals surface area contributed by atoms with Crippen LogP contribution in [0.15, 0.2) is 0 Å². The summed E-state index contributed by atoms with van der Waals surface area (Å²) in [5.74, 6) is 0. The van der Waals surface area contributed by atoms with Gasteiger partial charge in [0.1, 0.15) is 13.3 Å². The van der Waals surface area contributed by atoms with Crippen molar-refractivity contribution >= 4 is 6.09 Å². The Morgan fingerprint density at radius 3 is 2.29 bits per heavy atom. The molecule has 0 N–H and O–H groups in total. The van der Waals surface area contributed by atoms with Crippen molar-refractivity contribution in [2.24, 2.45) is 0 Å². The van der Waals surface area contributed by atoms with Crippen molar-refractivity contribution in [2.75, 3.05) is 26.4 Å². The molecule has 0 spiro atoms. The van der Waals surface area contributed by atoms with E-state index in [4.69, 9.17) is 4.74 Å². The van der Waals surface area contributed by atoms with Crippen LogP contribution >= 0.6 is 0 Å². The average molecular weight is 246 g/mol. The molecule has 1 aliphatic rings. The van der Waals surface area contributed by atoms with Crippen LogP contribution < -0.4 is 0 Å². The highest BCUT2D eigenvalue weighted by Crippen LogP contribution is 2.19. The molecule has 0 saturated carbocycles. The van der Waals surface area contributed by atoms with E-state index < -0.39 is 12.8 Å². The lowest BCUT2D eigenvalue weighted by Crippen LogP contribution is -2.60. The van der Waals surface area contributed by atoms with Crippen molar-refractivity contribution in [3.63, 3.8) is 0 Å². The molecular weight excluding hydrogens is 223 g/mol. The molecular formula is C12H23FN2O2. The standard InChI is InChI=1S/C12H23FN2O2/c1-9(2)15-10(3)7-14(8-11(15)4)12(16)17-6-5-13/h9-11H,5-8H2,1-4H3/t10-,11+. The fraction of sp³-hybridized carbons (Fsp3) is 0.917. The first-order chi connectivity index (χ1) is 7.97. The number of carbonyl (C=O) groups is 1. The van der Waals surface area contributed by atoms with Crippen LogP contribution in [0, 0.1) is 0 Å². The molecule has 0 unspecified atom stereocenters. The number of nitrogens with zero attached hydrogens (tertiary/aromatic N) is 2. The number of alkyl halides is 1. The maximum atomic E-state index is 11.9. The summed E-state index contributed by atoms with van der Waals surface area (Å²) < 4.78 is 16.8. The van der Waals surface area contributed by atoms with Gasteiger partial charge in [-0.15, -0.1) is 0 Å². The molecule has 100 valence electrons. The lowest BCUT2D eigenvalue weighted by molar-refractivity contribution is 0.0101. The largest absolute Gasteiger partial charge is 0.447 e. The minimum atomic E-state index is -0.622. The molecule has 1 fully saturated rings. The Balaban J connectivity index is 2.56. The molecule has 0 bridgehead atoms. The van der Waals surface area contributed by atoms with E-state index in [0.717, 1.165) is 0 Å². The first-order valence-electron chi connectivity index (χ1n) is 6.22. The predicted octanol–water partition coefficient (Wildman–Crippen LogP) is 1.90. The summed E-state index contributed by atoms with van der Waals surface area (Å²) in [4.78, 5) is 15.7. The molecule has 0 radical (unpaired) electrons. The third-order valence-corrected chi connectivity index (χ3v) is 3.14. The van der Waals surface area contributed by atoms with Gasteiger partial charge >= 0.3 is 6.09 Å². The van der Waals surface area contributed by atoms with Gasteiger partial charge in [0.15, 0.2) is 0 Å². The fourth-order valence-corrected chi connectivity index (χ4v) is 2.72. The van der Waals surface area contributed by atoms with Gasteiger partial charge in [0.2, 0.25) is 0 Å². The fourth-order valence-electron chi connectivity index (χ4n) is 2.72. The quantitative estimate of drug-likeness (QED) is 0.762. The Hall–Kier alpha value is -0.840. The van der Waals surface area contributed by atoms with Crippen molar-refractivity contribution in [2.45, 2.75) is 45.8 Å². The van der Waals surface area contributed by atoms with Crippen LogP contribution in [-0.2, 0) is 4.74 Å². The summed E-state index contributed by atoms with van der Waals surface area (Å²) in [6.07, 6.45) is -0.398. The molecule has 1 aliphatic heterocycles. The number of carbonyl (C=O) groups excluding carboxylic acids is 1. The number of ether oxygens (including phenoxy) is 1. The first-order valence-corrected chi connectivity index (χ1v) is 6.22. The lowest BCUT2D eigenvalue weighted by Gasteiger charge is -2.46. The van der Waals surface area contributed by atoms with Crippen molar-refractivity contribution in [1.29, 1.82) is 0 Å². The molecule has 0 aromatic rings. The Labute approximate surface area is 103 Å². The van der Waals surface area contributed by atoms with Gasteiger partial charge in [-0.25, -0.2) is 9.18 Å². The highest BCUT2D eigenvalue weighted by Gasteiger charge is 2.33. The topological polar surface area (TPSA) is 32.8 Å². The van der Waals surface area contributed by atoms with Crippen LogP contribution in [0.3, 0.4) is 0 Å². The smallest absolute Gasteiger partial charge is 0.409 e. The van der Waals surface area contributed by atoms with Crippen LogP contribution in [0.2, 0.25) is 0 Å². The molecule has 17 heavy (non-hydrogen) atoms. The zero-order chi connectivity index (χ0) is 13.0. The zero-order valence-electron chi connectivity index (χ0n) is 11.1. The highest BCUT2D eigenvalue weighted by molar-refractivity contribution is 5.67. The number of hydrogen-bond donors (Lipinski definition) is 0. The molecule has 1 rings (SSSR count). The van der Waals surface area contributed by atoms with Crippen LogP contribution in [0.5, 0.6) is 0 Å². The van der Waals surface area contributed by atoms with Gasteiger partial charge in [-0.3, -0.25) is 4.90 Å². The van der Waals surface area contributed by atoms with Gasteiger partial charge < -0.3 is 9.64 Å². The molecule has 0 aliphatic carbocycles. The Morgan fingerprint density at radius 2 is 1.88 bits per heavy atom. The SMILES string of the molecule is CC(C)N1[C@H](C)CN(C(=O)OCCF)C[C@@H]1C. The van der Waals surface area contributed by atoms with Gasteiger partial charge in [0.05, 0.1) is 0 Å². The minimum absolute atomic E-state index is 0.147. The highest BCUT2D eigenvalue weighted by atomic mass is 19.1. The van der Waals surface area contributed by atoms with E-state index in [9.17, 15) is 9.18 Å². The van der Waals surface area contributed by atoms with E-state index >= 15 is 0 Å². The summed E-state index contributed by atoms with van der Waals surface area (Å²) in [6.45, 7) is 9.04. The summed E-state index contributed by atoms with van der Waals surface area (Å²) >= 11 is 0. The van der Waals surface area contributed by atoms with Gasteiger partial charge in [-0.1, -0.05) is 0 Å². The first kappa shape index (κ1) is 14.2. The van der Waals surface area contributed by atoms with E-state index in [0.29, 0.717) is 31.2 Å². The monoisotopic (exact) mass is 246 g/mol. The molecule has 0 aromatic carbocycles. The number of hydrogen-bond acceptors (Lipinski definition) is 3. The Kier molecular flexibility index (Phi) is 5.18. The molecule has 1 amide bonds. The van der Waals surface area contributed by atoms with Crippen LogP contribution in [0.1, 0.15) is 27.7 Å². The van der Waals surface area contributed by atoms with Gasteiger partial charge in [0.25, 0.3) is 0 Å². The number of piperazine rings is 1. The van der Waals surface area contributed by atoms with Crippen LogP contribution in [-0.4, -0.2) is 60.4 Å². The van der Waals surface area contributed by atoms with Gasteiger partial charge in [-0.05, 0) is 27.7 Å². The number of halogens is 1. The van der Waals surface area contributed by atoms with Crippen molar-refractivity contribution in [1.82, 2.24) is 9.80 Å². The molecule has 1 heterocycles. The summed E-state index contributed by atoms with van der Waals surface area (Å²) in [5, 5.41) is 0. The Morgan fingerprint density at radius 1 is 1.35 bits per heavy atom. The summed E-state index contributed by atoms with van der Waals surface area (Å²) in [6, 6.07) is 1.07. The number of rotatable bonds is 3. The summed E-state index contributed by atoms with van der Waals surface area (Å²) in [5.41, 5.74) is 0. The predicted molar refractivity (Wildman–Crippen MR) is 64.8 cm³/mol. The van der Waals surface area contributed by atoms with Gasteiger partial charge in [-0.2, -0.15) is 0 Å². The average Bonchev–Trinajstić information content (AvgIpc) is 2.24. The normalized spacial score (nSPS) is 26.4. The van der Waals surface area contributed by atoms with Crippen LogP contribution in [0.25, 0.3) is 0 Å². The third-order valence-electron chi connectivity index (χ3n) is 3.14. The molecule has 0 aromatic heterocycles.